The van der Waals surface area contributed by atoms with Gasteiger partial charge in [-0.3, -0.25) is 9.88 Å². The molecule has 1 aromatic rings. The predicted molar refractivity (Wildman–Crippen MR) is 79.5 cm³/mol. The highest BCUT2D eigenvalue weighted by atomic mass is 32.2. The van der Waals surface area contributed by atoms with Crippen LogP contribution in [0.3, 0.4) is 0 Å². The van der Waals surface area contributed by atoms with Crippen LogP contribution in [0.25, 0.3) is 0 Å². The maximum Gasteiger partial charge on any atom is 0.339 e. The Hall–Kier alpha value is -1.07. The average Bonchev–Trinajstić information content (AvgIpc) is 2.44. The van der Waals surface area contributed by atoms with E-state index in [0.717, 1.165) is 24.4 Å². The van der Waals surface area contributed by atoms with Crippen LogP contribution in [0.2, 0.25) is 0 Å². The van der Waals surface area contributed by atoms with Gasteiger partial charge in [0.2, 0.25) is 0 Å². The van der Waals surface area contributed by atoms with Crippen molar-refractivity contribution in [3.63, 3.8) is 0 Å². The van der Waals surface area contributed by atoms with Crippen molar-refractivity contribution >= 4 is 17.7 Å². The molecule has 1 rings (SSSR count). The number of hydrogen-bond acceptors (Lipinski definition) is 5. The van der Waals surface area contributed by atoms with Crippen LogP contribution in [-0.4, -0.2) is 48.1 Å². The van der Waals surface area contributed by atoms with Crippen LogP contribution in [0.5, 0.6) is 0 Å². The Morgan fingerprint density at radius 3 is 2.74 bits per heavy atom. The molecule has 0 saturated carbocycles. The van der Waals surface area contributed by atoms with Gasteiger partial charge in [0.25, 0.3) is 0 Å². The monoisotopic (exact) mass is 282 g/mol. The molecule has 1 unspecified atom stereocenters. The molecule has 5 heteroatoms. The Labute approximate surface area is 119 Å². The summed E-state index contributed by atoms with van der Waals surface area (Å²) in [4.78, 5) is 17.9. The molecule has 1 aromatic heterocycles. The van der Waals surface area contributed by atoms with Crippen molar-refractivity contribution < 1.29 is 9.53 Å². The highest BCUT2D eigenvalue weighted by molar-refractivity contribution is 7.98. The molecule has 4 nitrogen and oxygen atoms in total. The molecular weight excluding hydrogens is 260 g/mol. The summed E-state index contributed by atoms with van der Waals surface area (Å²) in [5.41, 5.74) is 1.46. The SMILES string of the molecule is CCC(CSC)N(C)Cc1ccc(C(=O)OC)cn1. The summed E-state index contributed by atoms with van der Waals surface area (Å²) in [5.74, 6) is 0.772. The summed E-state index contributed by atoms with van der Waals surface area (Å²) in [7, 11) is 3.48. The Morgan fingerprint density at radius 1 is 1.53 bits per heavy atom. The number of ether oxygens (including phenoxy) is 1. The number of pyridine rings is 1. The van der Waals surface area contributed by atoms with E-state index in [-0.39, 0.29) is 5.97 Å². The number of carbonyl (C=O) groups excluding carboxylic acids is 1. The standard InChI is InChI=1S/C14H22N2O2S/c1-5-13(10-19-4)16(2)9-12-7-6-11(8-15-12)14(17)18-3/h6-8,13H,5,9-10H2,1-4H3. The summed E-state index contributed by atoms with van der Waals surface area (Å²) in [6.45, 7) is 2.99. The van der Waals surface area contributed by atoms with E-state index in [2.05, 4.69) is 34.8 Å². The second-order valence-electron chi connectivity index (χ2n) is 4.46. The number of hydrogen-bond donors (Lipinski definition) is 0. The first-order valence-electron chi connectivity index (χ1n) is 6.34. The van der Waals surface area contributed by atoms with Crippen molar-refractivity contribution in [3.05, 3.63) is 29.6 Å². The van der Waals surface area contributed by atoms with Crippen molar-refractivity contribution in [2.24, 2.45) is 0 Å². The van der Waals surface area contributed by atoms with Gasteiger partial charge in [0, 0.05) is 24.5 Å². The van der Waals surface area contributed by atoms with Gasteiger partial charge < -0.3 is 4.74 Å². The van der Waals surface area contributed by atoms with Crippen molar-refractivity contribution in [1.29, 1.82) is 0 Å². The molecule has 19 heavy (non-hydrogen) atoms. The summed E-state index contributed by atoms with van der Waals surface area (Å²) in [5, 5.41) is 0. The van der Waals surface area contributed by atoms with Crippen LogP contribution in [-0.2, 0) is 11.3 Å². The van der Waals surface area contributed by atoms with E-state index in [1.165, 1.54) is 7.11 Å². The first-order chi connectivity index (χ1) is 9.12. The normalized spacial score (nSPS) is 12.5. The topological polar surface area (TPSA) is 42.4 Å². The predicted octanol–water partition coefficient (Wildman–Crippen LogP) is 2.44. The lowest BCUT2D eigenvalue weighted by Crippen LogP contribution is -2.32. The molecule has 0 aliphatic heterocycles. The number of aromatic nitrogens is 1. The smallest absolute Gasteiger partial charge is 0.339 e. The van der Waals surface area contributed by atoms with Crippen LogP contribution in [0.15, 0.2) is 18.3 Å². The van der Waals surface area contributed by atoms with Crippen LogP contribution in [0, 0.1) is 0 Å². The van der Waals surface area contributed by atoms with Gasteiger partial charge in [0.1, 0.15) is 0 Å². The molecule has 0 N–H and O–H groups in total. The number of nitrogens with zero attached hydrogens (tertiary/aromatic N) is 2. The van der Waals surface area contributed by atoms with E-state index >= 15 is 0 Å². The summed E-state index contributed by atoms with van der Waals surface area (Å²) >= 11 is 1.86. The minimum atomic E-state index is -0.346. The molecule has 0 spiro atoms. The lowest BCUT2D eigenvalue weighted by molar-refractivity contribution is 0.0600. The molecule has 0 saturated heterocycles. The number of esters is 1. The number of rotatable bonds is 7. The minimum Gasteiger partial charge on any atom is -0.465 e. The lowest BCUT2D eigenvalue weighted by atomic mass is 10.2. The summed E-state index contributed by atoms with van der Waals surface area (Å²) < 4.78 is 4.65. The zero-order valence-electron chi connectivity index (χ0n) is 12.0. The number of methoxy groups -OCH3 is 1. The van der Waals surface area contributed by atoms with Crippen molar-refractivity contribution in [2.75, 3.05) is 26.2 Å². The van der Waals surface area contributed by atoms with E-state index in [0.29, 0.717) is 11.6 Å². The summed E-state index contributed by atoms with van der Waals surface area (Å²) in [6.07, 6.45) is 4.82. The zero-order valence-corrected chi connectivity index (χ0v) is 12.9. The third-order valence-corrected chi connectivity index (χ3v) is 3.83. The van der Waals surface area contributed by atoms with Crippen LogP contribution < -0.4 is 0 Å². The van der Waals surface area contributed by atoms with Crippen molar-refractivity contribution in [1.82, 2.24) is 9.88 Å². The maximum atomic E-state index is 11.3. The third-order valence-electron chi connectivity index (χ3n) is 3.11. The second kappa shape index (κ2) is 8.17. The largest absolute Gasteiger partial charge is 0.465 e. The first-order valence-corrected chi connectivity index (χ1v) is 7.74. The molecule has 0 aromatic carbocycles. The Kier molecular flexibility index (Phi) is 6.87. The van der Waals surface area contributed by atoms with Gasteiger partial charge in [-0.05, 0) is 31.9 Å². The van der Waals surface area contributed by atoms with Gasteiger partial charge in [-0.15, -0.1) is 0 Å². The van der Waals surface area contributed by atoms with E-state index < -0.39 is 0 Å². The Bertz CT molecular complexity index is 395. The molecule has 0 fully saturated rings. The number of thioether (sulfide) groups is 1. The molecule has 0 aliphatic carbocycles. The molecule has 0 bridgehead atoms. The van der Waals surface area contributed by atoms with E-state index in [1.807, 2.05) is 17.8 Å². The molecule has 1 heterocycles. The van der Waals surface area contributed by atoms with Crippen molar-refractivity contribution in [3.8, 4) is 0 Å². The van der Waals surface area contributed by atoms with Gasteiger partial charge in [-0.1, -0.05) is 6.92 Å². The molecular formula is C14H22N2O2S. The molecule has 0 radical (unpaired) electrons. The van der Waals surface area contributed by atoms with E-state index in [9.17, 15) is 4.79 Å². The zero-order chi connectivity index (χ0) is 14.3. The highest BCUT2D eigenvalue weighted by Crippen LogP contribution is 2.12. The lowest BCUT2D eigenvalue weighted by Gasteiger charge is -2.26. The third kappa shape index (κ3) is 4.84. The van der Waals surface area contributed by atoms with Crippen LogP contribution in [0.1, 0.15) is 29.4 Å². The molecule has 0 aliphatic rings. The average molecular weight is 282 g/mol. The molecule has 0 amide bonds. The second-order valence-corrected chi connectivity index (χ2v) is 5.37. The quantitative estimate of drug-likeness (QED) is 0.719. The molecule has 1 atom stereocenters. The van der Waals surface area contributed by atoms with Crippen LogP contribution in [0.4, 0.5) is 0 Å². The highest BCUT2D eigenvalue weighted by Gasteiger charge is 2.13. The van der Waals surface area contributed by atoms with E-state index in [4.69, 9.17) is 0 Å². The van der Waals surface area contributed by atoms with Gasteiger partial charge in [-0.2, -0.15) is 11.8 Å². The fourth-order valence-electron chi connectivity index (χ4n) is 1.89. The fourth-order valence-corrected chi connectivity index (χ4v) is 2.77. The van der Waals surface area contributed by atoms with E-state index in [1.54, 1.807) is 12.3 Å². The van der Waals surface area contributed by atoms with Crippen molar-refractivity contribution in [2.45, 2.75) is 25.9 Å². The maximum absolute atomic E-state index is 11.3. The fraction of sp³-hybridized carbons (Fsp3) is 0.571. The van der Waals surface area contributed by atoms with Gasteiger partial charge >= 0.3 is 5.97 Å². The molecule has 106 valence electrons. The minimum absolute atomic E-state index is 0.346. The van der Waals surface area contributed by atoms with Crippen LogP contribution >= 0.6 is 11.8 Å². The van der Waals surface area contributed by atoms with Gasteiger partial charge in [-0.25, -0.2) is 4.79 Å². The summed E-state index contributed by atoms with van der Waals surface area (Å²) in [6, 6.07) is 4.20. The number of carbonyl (C=O) groups is 1. The Morgan fingerprint density at radius 2 is 2.26 bits per heavy atom. The first kappa shape index (κ1) is 16.0. The van der Waals surface area contributed by atoms with Gasteiger partial charge in [0.05, 0.1) is 18.4 Å². The van der Waals surface area contributed by atoms with Gasteiger partial charge in [0.15, 0.2) is 0 Å². The Balaban J connectivity index is 2.64.